The van der Waals surface area contributed by atoms with E-state index in [0.29, 0.717) is 60.4 Å². The number of aromatic nitrogens is 2. The number of anilines is 1. The van der Waals surface area contributed by atoms with Crippen LogP contribution in [0.25, 0.3) is 17.1 Å². The van der Waals surface area contributed by atoms with E-state index in [4.69, 9.17) is 18.9 Å². The number of benzene rings is 1. The van der Waals surface area contributed by atoms with E-state index >= 15 is 0 Å². The zero-order chi connectivity index (χ0) is 25.1. The number of fused-ring (bicyclic) bond motifs is 2. The van der Waals surface area contributed by atoms with Crippen LogP contribution in [0.1, 0.15) is 12.5 Å². The SMILES string of the molecule is CCN(C[C@@H]1CN(c2ccc3c(c2)OCCO3)C(=O)O1)C(=O)/C=C/c1ccnc2ccc(OC)nc12. The lowest BCUT2D eigenvalue weighted by atomic mass is 10.2. The second-order valence-electron chi connectivity index (χ2n) is 8.28. The van der Waals surface area contributed by atoms with Gasteiger partial charge in [-0.2, -0.15) is 0 Å². The van der Waals surface area contributed by atoms with E-state index in [1.54, 1.807) is 59.5 Å². The van der Waals surface area contributed by atoms with E-state index in [1.807, 2.05) is 13.0 Å². The maximum absolute atomic E-state index is 13.0. The first-order valence-electron chi connectivity index (χ1n) is 11.7. The molecular weight excluding hydrogens is 464 g/mol. The first-order valence-corrected chi connectivity index (χ1v) is 11.7. The fourth-order valence-corrected chi connectivity index (χ4v) is 4.19. The maximum atomic E-state index is 13.0. The summed E-state index contributed by atoms with van der Waals surface area (Å²) in [4.78, 5) is 37.5. The number of cyclic esters (lactones) is 1. The van der Waals surface area contributed by atoms with Gasteiger partial charge in [-0.05, 0) is 37.3 Å². The van der Waals surface area contributed by atoms with Crippen LogP contribution in [0.5, 0.6) is 17.4 Å². The molecule has 2 aromatic heterocycles. The minimum Gasteiger partial charge on any atom is -0.486 e. The average Bonchev–Trinajstić information content (AvgIpc) is 3.29. The molecule has 5 rings (SSSR count). The number of rotatable bonds is 7. The molecule has 1 aromatic carbocycles. The number of methoxy groups -OCH3 is 1. The Hall–Kier alpha value is -4.34. The Labute approximate surface area is 208 Å². The molecule has 0 saturated carbocycles. The van der Waals surface area contributed by atoms with Crippen molar-refractivity contribution in [1.29, 1.82) is 0 Å². The summed E-state index contributed by atoms with van der Waals surface area (Å²) in [6.45, 7) is 3.90. The predicted octanol–water partition coefficient (Wildman–Crippen LogP) is 3.30. The van der Waals surface area contributed by atoms with Gasteiger partial charge in [-0.25, -0.2) is 9.78 Å². The van der Waals surface area contributed by atoms with Gasteiger partial charge in [-0.15, -0.1) is 0 Å². The number of likely N-dealkylation sites (N-methyl/N-ethyl adjacent to an activating group) is 1. The molecule has 10 heteroatoms. The van der Waals surface area contributed by atoms with E-state index < -0.39 is 12.2 Å². The van der Waals surface area contributed by atoms with Crippen molar-refractivity contribution in [2.75, 3.05) is 44.9 Å². The minimum absolute atomic E-state index is 0.195. The summed E-state index contributed by atoms with van der Waals surface area (Å²) in [6.07, 6.45) is 3.95. The summed E-state index contributed by atoms with van der Waals surface area (Å²) in [5.74, 6) is 1.52. The molecule has 0 unspecified atom stereocenters. The third kappa shape index (κ3) is 4.74. The maximum Gasteiger partial charge on any atom is 0.414 e. The van der Waals surface area contributed by atoms with Gasteiger partial charge in [0, 0.05) is 36.5 Å². The van der Waals surface area contributed by atoms with E-state index in [1.165, 1.54) is 6.08 Å². The summed E-state index contributed by atoms with van der Waals surface area (Å²) in [5, 5.41) is 0. The molecule has 1 atom stereocenters. The fraction of sp³-hybridized carbons (Fsp3) is 0.308. The molecule has 1 saturated heterocycles. The molecule has 0 aliphatic carbocycles. The van der Waals surface area contributed by atoms with Crippen molar-refractivity contribution in [2.24, 2.45) is 0 Å². The average molecular weight is 491 g/mol. The first-order chi connectivity index (χ1) is 17.6. The van der Waals surface area contributed by atoms with Crippen LogP contribution in [-0.2, 0) is 9.53 Å². The number of hydrogen-bond donors (Lipinski definition) is 0. The van der Waals surface area contributed by atoms with Crippen molar-refractivity contribution in [2.45, 2.75) is 13.0 Å². The molecule has 3 aromatic rings. The third-order valence-electron chi connectivity index (χ3n) is 6.03. The Balaban J connectivity index is 1.26. The van der Waals surface area contributed by atoms with Crippen LogP contribution in [0.15, 0.2) is 48.7 Å². The van der Waals surface area contributed by atoms with E-state index in [9.17, 15) is 9.59 Å². The Morgan fingerprint density at radius 1 is 1.19 bits per heavy atom. The summed E-state index contributed by atoms with van der Waals surface area (Å²) in [7, 11) is 1.55. The molecule has 0 spiro atoms. The zero-order valence-corrected chi connectivity index (χ0v) is 20.0. The number of pyridine rings is 2. The Kier molecular flexibility index (Phi) is 6.57. The molecule has 0 radical (unpaired) electrons. The van der Waals surface area contributed by atoms with Gasteiger partial charge in [0.2, 0.25) is 11.8 Å². The lowest BCUT2D eigenvalue weighted by molar-refractivity contribution is -0.126. The van der Waals surface area contributed by atoms with Crippen LogP contribution in [0.3, 0.4) is 0 Å². The zero-order valence-electron chi connectivity index (χ0n) is 20.0. The largest absolute Gasteiger partial charge is 0.486 e. The highest BCUT2D eigenvalue weighted by Crippen LogP contribution is 2.35. The molecule has 10 nitrogen and oxygen atoms in total. The van der Waals surface area contributed by atoms with E-state index in [2.05, 4.69) is 9.97 Å². The molecule has 186 valence electrons. The topological polar surface area (TPSA) is 103 Å². The van der Waals surface area contributed by atoms with Crippen LogP contribution in [-0.4, -0.2) is 72.9 Å². The molecule has 0 N–H and O–H groups in total. The summed E-state index contributed by atoms with van der Waals surface area (Å²) < 4.78 is 21.9. The van der Waals surface area contributed by atoms with Crippen molar-refractivity contribution in [3.63, 3.8) is 0 Å². The van der Waals surface area contributed by atoms with Crippen molar-refractivity contribution >= 4 is 34.8 Å². The summed E-state index contributed by atoms with van der Waals surface area (Å²) in [6, 6.07) is 10.7. The second kappa shape index (κ2) is 10.1. The van der Waals surface area contributed by atoms with Crippen molar-refractivity contribution in [3.8, 4) is 17.4 Å². The number of carbonyl (C=O) groups excluding carboxylic acids is 2. The lowest BCUT2D eigenvalue weighted by Gasteiger charge is -2.22. The highest BCUT2D eigenvalue weighted by molar-refractivity contribution is 5.95. The van der Waals surface area contributed by atoms with Crippen LogP contribution >= 0.6 is 0 Å². The Morgan fingerprint density at radius 2 is 2.03 bits per heavy atom. The number of amides is 2. The highest BCUT2D eigenvalue weighted by atomic mass is 16.6. The summed E-state index contributed by atoms with van der Waals surface area (Å²) >= 11 is 0. The van der Waals surface area contributed by atoms with Crippen LogP contribution < -0.4 is 19.1 Å². The predicted molar refractivity (Wildman–Crippen MR) is 132 cm³/mol. The smallest absolute Gasteiger partial charge is 0.414 e. The van der Waals surface area contributed by atoms with Gasteiger partial charge in [-0.1, -0.05) is 0 Å². The van der Waals surface area contributed by atoms with Gasteiger partial charge in [-0.3, -0.25) is 14.7 Å². The van der Waals surface area contributed by atoms with Crippen molar-refractivity contribution in [3.05, 3.63) is 54.2 Å². The minimum atomic E-state index is -0.462. The number of ether oxygens (including phenoxy) is 4. The number of nitrogens with zero attached hydrogens (tertiary/aromatic N) is 4. The third-order valence-corrected chi connectivity index (χ3v) is 6.03. The standard InChI is InChI=1S/C26H26N4O6/c1-3-29(24(31)9-4-17-10-11-27-20-6-8-23(33-2)28-25(17)20)15-19-16-30(26(32)36-19)18-5-7-21-22(14-18)35-13-12-34-21/h4-11,14,19H,3,12-13,15-16H2,1-2H3/b9-4+/t19-/m1/s1. The first kappa shape index (κ1) is 23.4. The molecule has 4 heterocycles. The molecule has 36 heavy (non-hydrogen) atoms. The second-order valence-corrected chi connectivity index (χ2v) is 8.28. The Morgan fingerprint density at radius 3 is 2.83 bits per heavy atom. The fourth-order valence-electron chi connectivity index (χ4n) is 4.19. The molecule has 2 aliphatic heterocycles. The van der Waals surface area contributed by atoms with Crippen LogP contribution in [0, 0.1) is 0 Å². The van der Waals surface area contributed by atoms with Gasteiger partial charge >= 0.3 is 6.09 Å². The van der Waals surface area contributed by atoms with Crippen molar-refractivity contribution < 1.29 is 28.5 Å². The highest BCUT2D eigenvalue weighted by Gasteiger charge is 2.34. The number of hydrogen-bond acceptors (Lipinski definition) is 8. The molecular formula is C26H26N4O6. The van der Waals surface area contributed by atoms with Gasteiger partial charge in [0.15, 0.2) is 11.5 Å². The van der Waals surface area contributed by atoms with Crippen LogP contribution in [0.4, 0.5) is 10.5 Å². The van der Waals surface area contributed by atoms with Gasteiger partial charge in [0.05, 0.1) is 36.9 Å². The summed E-state index contributed by atoms with van der Waals surface area (Å²) in [5.41, 5.74) is 2.76. The Bertz CT molecular complexity index is 1330. The molecule has 2 amide bonds. The van der Waals surface area contributed by atoms with Gasteiger partial charge in [0.25, 0.3) is 0 Å². The van der Waals surface area contributed by atoms with Gasteiger partial charge in [0.1, 0.15) is 19.3 Å². The quantitative estimate of drug-likeness (QED) is 0.465. The van der Waals surface area contributed by atoms with E-state index in [0.717, 1.165) is 5.56 Å². The molecule has 2 aliphatic rings. The normalized spacial score (nSPS) is 16.9. The molecule has 1 fully saturated rings. The van der Waals surface area contributed by atoms with Crippen molar-refractivity contribution in [1.82, 2.24) is 14.9 Å². The van der Waals surface area contributed by atoms with Gasteiger partial charge < -0.3 is 23.8 Å². The molecule has 0 bridgehead atoms. The van der Waals surface area contributed by atoms with E-state index in [-0.39, 0.29) is 12.5 Å². The monoisotopic (exact) mass is 490 g/mol. The van der Waals surface area contributed by atoms with Crippen LogP contribution in [0.2, 0.25) is 0 Å². The lowest BCUT2D eigenvalue weighted by Crippen LogP contribution is -2.38. The number of carbonyl (C=O) groups is 2.